The van der Waals surface area contributed by atoms with Gasteiger partial charge in [-0.1, -0.05) is 0 Å². The number of nitrogens with one attached hydrogen (secondary N) is 1. The van der Waals surface area contributed by atoms with Gasteiger partial charge in [-0.25, -0.2) is 4.79 Å². The molecule has 0 aliphatic rings. The minimum Gasteiger partial charge on any atom is -0.619 e. The molecule has 0 saturated carbocycles. The highest BCUT2D eigenvalue weighted by Gasteiger charge is 2.11. The van der Waals surface area contributed by atoms with Gasteiger partial charge < -0.3 is 9.94 Å². The Labute approximate surface area is 97.4 Å². The van der Waals surface area contributed by atoms with Crippen molar-refractivity contribution in [2.75, 3.05) is 6.61 Å². The predicted molar refractivity (Wildman–Crippen MR) is 58.9 cm³/mol. The van der Waals surface area contributed by atoms with Crippen molar-refractivity contribution in [2.45, 2.75) is 6.92 Å². The van der Waals surface area contributed by atoms with E-state index in [1.807, 2.05) is 0 Å². The van der Waals surface area contributed by atoms with Crippen LogP contribution in [0.15, 0.2) is 30.6 Å². The zero-order chi connectivity index (χ0) is 12.3. The molecule has 1 N–H and O–H groups in total. The van der Waals surface area contributed by atoms with E-state index in [0.29, 0.717) is 22.7 Å². The van der Waals surface area contributed by atoms with E-state index in [4.69, 9.17) is 4.74 Å². The van der Waals surface area contributed by atoms with Crippen molar-refractivity contribution in [1.82, 2.24) is 10.2 Å². The number of hydrogen-bond acceptors (Lipinski definition) is 4. The SMILES string of the molecule is CCOC(=O)c1cc(-c2cc[n+]([O-])cc2)n[nH]1. The van der Waals surface area contributed by atoms with Gasteiger partial charge in [-0.15, -0.1) is 0 Å². The Hall–Kier alpha value is -2.37. The van der Waals surface area contributed by atoms with Crippen LogP contribution in [0.3, 0.4) is 0 Å². The normalized spacial score (nSPS) is 10.2. The molecule has 0 aliphatic heterocycles. The quantitative estimate of drug-likeness (QED) is 0.485. The summed E-state index contributed by atoms with van der Waals surface area (Å²) in [6, 6.07) is 4.83. The molecule has 0 radical (unpaired) electrons. The number of esters is 1. The molecule has 0 amide bonds. The smallest absolute Gasteiger partial charge is 0.356 e. The van der Waals surface area contributed by atoms with Gasteiger partial charge in [0.25, 0.3) is 0 Å². The summed E-state index contributed by atoms with van der Waals surface area (Å²) in [6.45, 7) is 2.05. The standard InChI is InChI=1S/C11H11N3O3/c1-2-17-11(15)10-7-9(12-13-10)8-3-5-14(16)6-4-8/h3-7H,2H2,1H3,(H,12,13). The van der Waals surface area contributed by atoms with Crippen LogP contribution in [0.5, 0.6) is 0 Å². The Kier molecular flexibility index (Phi) is 3.04. The third-order valence-electron chi connectivity index (χ3n) is 2.17. The lowest BCUT2D eigenvalue weighted by atomic mass is 10.2. The van der Waals surface area contributed by atoms with Crippen molar-refractivity contribution in [3.63, 3.8) is 0 Å². The van der Waals surface area contributed by atoms with Gasteiger partial charge in [-0.3, -0.25) is 5.10 Å². The zero-order valence-corrected chi connectivity index (χ0v) is 9.21. The van der Waals surface area contributed by atoms with Crippen molar-refractivity contribution in [1.29, 1.82) is 0 Å². The first kappa shape index (κ1) is 11.1. The van der Waals surface area contributed by atoms with Crippen molar-refractivity contribution < 1.29 is 14.3 Å². The highest BCUT2D eigenvalue weighted by atomic mass is 16.5. The van der Waals surface area contributed by atoms with E-state index in [0.717, 1.165) is 5.56 Å². The Bertz CT molecular complexity index is 519. The minimum atomic E-state index is -0.443. The molecular weight excluding hydrogens is 222 g/mol. The van der Waals surface area contributed by atoms with E-state index < -0.39 is 5.97 Å². The fourth-order valence-corrected chi connectivity index (χ4v) is 1.37. The molecular formula is C11H11N3O3. The highest BCUT2D eigenvalue weighted by Crippen LogP contribution is 2.16. The predicted octanol–water partition coefficient (Wildman–Crippen LogP) is 0.887. The first-order valence-corrected chi connectivity index (χ1v) is 5.12. The molecule has 17 heavy (non-hydrogen) atoms. The maximum Gasteiger partial charge on any atom is 0.356 e. The van der Waals surface area contributed by atoms with E-state index in [1.54, 1.807) is 25.1 Å². The van der Waals surface area contributed by atoms with Crippen LogP contribution in [0.1, 0.15) is 17.4 Å². The number of hydrogen-bond donors (Lipinski definition) is 1. The minimum absolute atomic E-state index is 0.292. The highest BCUT2D eigenvalue weighted by molar-refractivity contribution is 5.88. The summed E-state index contributed by atoms with van der Waals surface area (Å²) in [5, 5.41) is 17.4. The molecule has 2 aromatic heterocycles. The Balaban J connectivity index is 2.23. The van der Waals surface area contributed by atoms with Gasteiger partial charge in [0.05, 0.1) is 12.3 Å². The number of rotatable bonds is 3. The van der Waals surface area contributed by atoms with Gasteiger partial charge in [0.2, 0.25) is 0 Å². The molecule has 6 heteroatoms. The van der Waals surface area contributed by atoms with Crippen molar-refractivity contribution in [3.8, 4) is 11.3 Å². The van der Waals surface area contributed by atoms with Gasteiger partial charge in [0.1, 0.15) is 5.69 Å². The van der Waals surface area contributed by atoms with Gasteiger partial charge in [0, 0.05) is 17.7 Å². The number of carbonyl (C=O) groups excluding carboxylic acids is 1. The fourth-order valence-electron chi connectivity index (χ4n) is 1.37. The van der Waals surface area contributed by atoms with Crippen LogP contribution in [0.2, 0.25) is 0 Å². The molecule has 0 fully saturated rings. The topological polar surface area (TPSA) is 81.9 Å². The summed E-state index contributed by atoms with van der Waals surface area (Å²) in [5.41, 5.74) is 1.64. The second-order valence-corrected chi connectivity index (χ2v) is 3.33. The van der Waals surface area contributed by atoms with Crippen LogP contribution in [0.25, 0.3) is 11.3 Å². The summed E-state index contributed by atoms with van der Waals surface area (Å²) in [4.78, 5) is 11.4. The number of pyridine rings is 1. The molecule has 0 unspecified atom stereocenters. The molecule has 88 valence electrons. The van der Waals surface area contributed by atoms with E-state index in [2.05, 4.69) is 10.2 Å². The molecule has 0 bridgehead atoms. The second-order valence-electron chi connectivity index (χ2n) is 3.33. The molecule has 0 atom stereocenters. The van der Waals surface area contributed by atoms with E-state index >= 15 is 0 Å². The number of carbonyl (C=O) groups is 1. The van der Waals surface area contributed by atoms with Crippen molar-refractivity contribution in [3.05, 3.63) is 41.5 Å². The summed E-state index contributed by atoms with van der Waals surface area (Å²) >= 11 is 0. The van der Waals surface area contributed by atoms with E-state index in [1.165, 1.54) is 12.4 Å². The summed E-state index contributed by atoms with van der Waals surface area (Å²) in [6.07, 6.45) is 2.74. The lowest BCUT2D eigenvalue weighted by molar-refractivity contribution is -0.605. The van der Waals surface area contributed by atoms with Crippen LogP contribution in [0.4, 0.5) is 0 Å². The maximum atomic E-state index is 11.4. The fraction of sp³-hybridized carbons (Fsp3) is 0.182. The summed E-state index contributed by atoms with van der Waals surface area (Å²) < 4.78 is 5.51. The lowest BCUT2D eigenvalue weighted by Gasteiger charge is -1.97. The third kappa shape index (κ3) is 2.41. The Morgan fingerprint density at radius 3 is 2.88 bits per heavy atom. The number of nitrogens with zero attached hydrogens (tertiary/aromatic N) is 2. The molecule has 2 aromatic rings. The summed E-state index contributed by atoms with van der Waals surface area (Å²) in [5.74, 6) is -0.443. The zero-order valence-electron chi connectivity index (χ0n) is 9.21. The molecule has 2 heterocycles. The van der Waals surface area contributed by atoms with Crippen molar-refractivity contribution in [2.24, 2.45) is 0 Å². The molecule has 0 aliphatic carbocycles. The Morgan fingerprint density at radius 1 is 1.53 bits per heavy atom. The number of aromatic nitrogens is 3. The largest absolute Gasteiger partial charge is 0.619 e. The van der Waals surface area contributed by atoms with E-state index in [-0.39, 0.29) is 0 Å². The number of aromatic amines is 1. The van der Waals surface area contributed by atoms with Crippen molar-refractivity contribution >= 4 is 5.97 Å². The first-order chi connectivity index (χ1) is 8.20. The average molecular weight is 233 g/mol. The van der Waals surface area contributed by atoms with Crippen LogP contribution in [-0.4, -0.2) is 22.8 Å². The Morgan fingerprint density at radius 2 is 2.24 bits per heavy atom. The van der Waals surface area contributed by atoms with Gasteiger partial charge >= 0.3 is 5.97 Å². The first-order valence-electron chi connectivity index (χ1n) is 5.12. The average Bonchev–Trinajstić information content (AvgIpc) is 2.80. The van der Waals surface area contributed by atoms with Crippen LogP contribution in [-0.2, 0) is 4.74 Å². The van der Waals surface area contributed by atoms with Gasteiger partial charge in [-0.05, 0) is 13.0 Å². The van der Waals surface area contributed by atoms with E-state index in [9.17, 15) is 10.0 Å². The second kappa shape index (κ2) is 4.65. The molecule has 0 spiro atoms. The van der Waals surface area contributed by atoms with Gasteiger partial charge in [0.15, 0.2) is 12.4 Å². The number of H-pyrrole nitrogens is 1. The van der Waals surface area contributed by atoms with Gasteiger partial charge in [-0.2, -0.15) is 9.83 Å². The maximum absolute atomic E-state index is 11.4. The van der Waals surface area contributed by atoms with Crippen LogP contribution < -0.4 is 4.73 Å². The van der Waals surface area contributed by atoms with Crippen LogP contribution >= 0.6 is 0 Å². The molecule has 6 nitrogen and oxygen atoms in total. The molecule has 0 aromatic carbocycles. The molecule has 2 rings (SSSR count). The van der Waals surface area contributed by atoms with Crippen LogP contribution in [0, 0.1) is 5.21 Å². The summed E-state index contributed by atoms with van der Waals surface area (Å²) in [7, 11) is 0. The monoisotopic (exact) mass is 233 g/mol. The number of ether oxygens (including phenoxy) is 1. The molecule has 0 saturated heterocycles. The lowest BCUT2D eigenvalue weighted by Crippen LogP contribution is -2.23. The third-order valence-corrected chi connectivity index (χ3v) is 2.17.